The number of rotatable bonds is 7. The number of para-hydroxylation sites is 1. The zero-order valence-electron chi connectivity index (χ0n) is 21.2. The summed E-state index contributed by atoms with van der Waals surface area (Å²) in [5.41, 5.74) is 2.24. The van der Waals surface area contributed by atoms with Crippen molar-refractivity contribution in [3.8, 4) is 11.5 Å². The van der Waals surface area contributed by atoms with Gasteiger partial charge in [-0.2, -0.15) is 8.78 Å². The highest BCUT2D eigenvalue weighted by Crippen LogP contribution is 2.32. The monoisotopic (exact) mass is 581 g/mol. The van der Waals surface area contributed by atoms with E-state index in [0.29, 0.717) is 42.4 Å². The number of allylic oxidation sites excluding steroid dienone is 1. The van der Waals surface area contributed by atoms with Gasteiger partial charge in [0, 0.05) is 10.7 Å². The molecular formula is C29H22ClF2N3O4S. The third-order valence-corrected chi connectivity index (χ3v) is 7.42. The number of alkyl halides is 2. The van der Waals surface area contributed by atoms with Crippen molar-refractivity contribution < 1.29 is 23.0 Å². The molecule has 1 N–H and O–H groups in total. The standard InChI is InChI=1S/C29H22ClF2N3O4S/c1-16-24(26(36)34-20-6-4-3-5-7-20)25(18-9-11-19(30)12-10-18)35-27(37)23(40-29(35)33-16)15-17-8-13-21(39-28(31)32)22(14-17)38-2/h3-15,25,28H,1-2H3,(H,34,36)/b23-15+/t25-/m1/s1. The number of methoxy groups -OCH3 is 1. The number of amides is 1. The maximum atomic E-state index is 13.8. The Morgan fingerprint density at radius 1 is 1.10 bits per heavy atom. The summed E-state index contributed by atoms with van der Waals surface area (Å²) in [6.45, 7) is -1.28. The first-order valence-corrected chi connectivity index (χ1v) is 13.2. The fourth-order valence-corrected chi connectivity index (χ4v) is 5.58. The molecule has 7 nitrogen and oxygen atoms in total. The van der Waals surface area contributed by atoms with Crippen LogP contribution in [0.3, 0.4) is 0 Å². The Labute approximate surface area is 236 Å². The number of benzene rings is 3. The molecule has 0 aliphatic carbocycles. The summed E-state index contributed by atoms with van der Waals surface area (Å²) in [6.07, 6.45) is 1.61. The minimum absolute atomic E-state index is 0.0941. The summed E-state index contributed by atoms with van der Waals surface area (Å²) in [4.78, 5) is 32.4. The largest absolute Gasteiger partial charge is 0.493 e. The van der Waals surface area contributed by atoms with E-state index in [1.54, 1.807) is 55.5 Å². The topological polar surface area (TPSA) is 81.9 Å². The predicted octanol–water partition coefficient (Wildman–Crippen LogP) is 5.14. The van der Waals surface area contributed by atoms with E-state index in [1.807, 2.05) is 18.2 Å². The maximum Gasteiger partial charge on any atom is 0.387 e. The highest BCUT2D eigenvalue weighted by molar-refractivity contribution is 7.07. The average molecular weight is 582 g/mol. The highest BCUT2D eigenvalue weighted by Gasteiger charge is 2.32. The highest BCUT2D eigenvalue weighted by atomic mass is 35.5. The zero-order valence-corrected chi connectivity index (χ0v) is 22.8. The lowest BCUT2D eigenvalue weighted by atomic mass is 9.95. The van der Waals surface area contributed by atoms with Crippen molar-refractivity contribution in [3.63, 3.8) is 0 Å². The van der Waals surface area contributed by atoms with Gasteiger partial charge in [-0.05, 0) is 60.5 Å². The molecule has 5 rings (SSSR count). The molecule has 1 aliphatic heterocycles. The second-order valence-electron chi connectivity index (χ2n) is 8.74. The summed E-state index contributed by atoms with van der Waals surface area (Å²) in [6, 6.07) is 19.6. The Morgan fingerprint density at radius 3 is 2.50 bits per heavy atom. The van der Waals surface area contributed by atoms with Crippen LogP contribution in [0.15, 0.2) is 93.9 Å². The first-order chi connectivity index (χ1) is 19.2. The number of ether oxygens (including phenoxy) is 2. The van der Waals surface area contributed by atoms with Crippen molar-refractivity contribution in [2.75, 3.05) is 12.4 Å². The van der Waals surface area contributed by atoms with Crippen molar-refractivity contribution in [2.45, 2.75) is 19.6 Å². The third kappa shape index (κ3) is 5.54. The van der Waals surface area contributed by atoms with Crippen molar-refractivity contribution in [1.29, 1.82) is 0 Å². The smallest absolute Gasteiger partial charge is 0.387 e. The molecule has 11 heteroatoms. The Morgan fingerprint density at radius 2 is 1.82 bits per heavy atom. The molecule has 40 heavy (non-hydrogen) atoms. The molecule has 2 heterocycles. The summed E-state index contributed by atoms with van der Waals surface area (Å²) >= 11 is 7.29. The second kappa shape index (κ2) is 11.4. The van der Waals surface area contributed by atoms with Gasteiger partial charge in [-0.1, -0.05) is 59.3 Å². The fourth-order valence-electron chi connectivity index (χ4n) is 4.41. The second-order valence-corrected chi connectivity index (χ2v) is 10.2. The summed E-state index contributed by atoms with van der Waals surface area (Å²) in [7, 11) is 1.34. The number of hydrogen-bond acceptors (Lipinski definition) is 6. The molecule has 0 saturated carbocycles. The van der Waals surface area contributed by atoms with Crippen LogP contribution in [0.2, 0.25) is 5.02 Å². The number of nitrogens with zero attached hydrogens (tertiary/aromatic N) is 2. The van der Waals surface area contributed by atoms with Crippen LogP contribution in [0.5, 0.6) is 11.5 Å². The molecule has 3 aromatic carbocycles. The molecule has 4 aromatic rings. The molecular weight excluding hydrogens is 560 g/mol. The fraction of sp³-hybridized carbons (Fsp3) is 0.138. The first kappa shape index (κ1) is 27.3. The molecule has 0 spiro atoms. The number of nitrogens with one attached hydrogen (secondary N) is 1. The normalized spacial score (nSPS) is 15.1. The van der Waals surface area contributed by atoms with Crippen LogP contribution in [-0.2, 0) is 4.79 Å². The first-order valence-electron chi connectivity index (χ1n) is 12.0. The van der Waals surface area contributed by atoms with E-state index < -0.39 is 12.7 Å². The van der Waals surface area contributed by atoms with Crippen LogP contribution in [0, 0.1) is 0 Å². The van der Waals surface area contributed by atoms with Crippen LogP contribution in [0.25, 0.3) is 6.08 Å². The molecule has 0 radical (unpaired) electrons. The van der Waals surface area contributed by atoms with E-state index in [-0.39, 0.29) is 23.0 Å². The number of fused-ring (bicyclic) bond motifs is 1. The van der Waals surface area contributed by atoms with Gasteiger partial charge < -0.3 is 14.8 Å². The Bertz CT molecular complexity index is 1780. The minimum atomic E-state index is -3.01. The van der Waals surface area contributed by atoms with Crippen molar-refractivity contribution in [3.05, 3.63) is 120 Å². The number of carbonyl (C=O) groups excluding carboxylic acids is 1. The van der Waals surface area contributed by atoms with E-state index in [0.717, 1.165) is 11.3 Å². The molecule has 0 bridgehead atoms. The Kier molecular flexibility index (Phi) is 7.81. The number of hydrogen-bond donors (Lipinski definition) is 1. The van der Waals surface area contributed by atoms with E-state index in [2.05, 4.69) is 15.0 Å². The SMILES string of the molecule is COc1cc(/C=c2/sc3n(c2=O)[C@H](c2ccc(Cl)cc2)C(C(=O)Nc2ccccc2)=C(C)N=3)ccc1OC(F)F. The molecule has 0 saturated heterocycles. The quantitative estimate of drug-likeness (QED) is 0.328. The van der Waals surface area contributed by atoms with Crippen molar-refractivity contribution in [2.24, 2.45) is 4.99 Å². The van der Waals surface area contributed by atoms with Gasteiger partial charge in [-0.3, -0.25) is 14.2 Å². The Balaban J connectivity index is 1.63. The molecule has 1 aliphatic rings. The lowest BCUT2D eigenvalue weighted by molar-refractivity contribution is -0.113. The Hall–Kier alpha value is -4.28. The number of anilines is 1. The molecule has 1 aromatic heterocycles. The summed E-state index contributed by atoms with van der Waals surface area (Å²) in [5.74, 6) is -0.416. The summed E-state index contributed by atoms with van der Waals surface area (Å²) in [5, 5.41) is 3.41. The van der Waals surface area contributed by atoms with Gasteiger partial charge >= 0.3 is 6.61 Å². The lowest BCUT2D eigenvalue weighted by Crippen LogP contribution is -2.40. The van der Waals surface area contributed by atoms with Crippen LogP contribution in [0.1, 0.15) is 24.1 Å². The van der Waals surface area contributed by atoms with E-state index in [1.165, 1.54) is 23.8 Å². The number of thiazole rings is 1. The number of carbonyl (C=O) groups is 1. The van der Waals surface area contributed by atoms with Gasteiger partial charge in [0.1, 0.15) is 0 Å². The molecule has 1 amide bonds. The van der Waals surface area contributed by atoms with Gasteiger partial charge in [-0.15, -0.1) is 0 Å². The minimum Gasteiger partial charge on any atom is -0.493 e. The van der Waals surface area contributed by atoms with Crippen LogP contribution < -0.4 is 29.7 Å². The van der Waals surface area contributed by atoms with E-state index in [9.17, 15) is 18.4 Å². The predicted molar refractivity (Wildman–Crippen MR) is 150 cm³/mol. The zero-order chi connectivity index (χ0) is 28.4. The lowest BCUT2D eigenvalue weighted by Gasteiger charge is -2.25. The van der Waals surface area contributed by atoms with Crippen LogP contribution >= 0.6 is 22.9 Å². The van der Waals surface area contributed by atoms with Crippen molar-refractivity contribution >= 4 is 40.6 Å². The van der Waals surface area contributed by atoms with E-state index in [4.69, 9.17) is 16.3 Å². The molecule has 204 valence electrons. The summed E-state index contributed by atoms with van der Waals surface area (Å²) < 4.78 is 37.0. The van der Waals surface area contributed by atoms with E-state index >= 15 is 0 Å². The molecule has 0 fully saturated rings. The van der Waals surface area contributed by atoms with Gasteiger partial charge in [-0.25, -0.2) is 4.99 Å². The maximum absolute atomic E-state index is 13.8. The number of halogens is 3. The van der Waals surface area contributed by atoms with Crippen LogP contribution in [0.4, 0.5) is 14.5 Å². The molecule has 0 unspecified atom stereocenters. The van der Waals surface area contributed by atoms with Crippen molar-refractivity contribution in [1.82, 2.24) is 4.57 Å². The third-order valence-electron chi connectivity index (χ3n) is 6.19. The van der Waals surface area contributed by atoms with Gasteiger partial charge in [0.25, 0.3) is 11.5 Å². The van der Waals surface area contributed by atoms with Gasteiger partial charge in [0.05, 0.1) is 29.0 Å². The van der Waals surface area contributed by atoms with Crippen LogP contribution in [-0.4, -0.2) is 24.2 Å². The van der Waals surface area contributed by atoms with Gasteiger partial charge in [0.2, 0.25) is 0 Å². The van der Waals surface area contributed by atoms with Gasteiger partial charge in [0.15, 0.2) is 16.3 Å². The average Bonchev–Trinajstić information content (AvgIpc) is 3.23. The molecule has 1 atom stereocenters. The number of aromatic nitrogens is 1.